The molecule has 1 unspecified atom stereocenters. The predicted octanol–water partition coefficient (Wildman–Crippen LogP) is 2.85. The minimum Gasteiger partial charge on any atom is -0.496 e. The number of nitrogens with zero attached hydrogens (tertiary/aromatic N) is 1. The van der Waals surface area contributed by atoms with E-state index in [4.69, 9.17) is 4.74 Å². The van der Waals surface area contributed by atoms with E-state index >= 15 is 0 Å². The third kappa shape index (κ3) is 2.74. The quantitative estimate of drug-likeness (QED) is 0.918. The summed E-state index contributed by atoms with van der Waals surface area (Å²) in [5.74, 6) is 0.389. The molecule has 3 nitrogen and oxygen atoms in total. The Morgan fingerprint density at radius 3 is 2.74 bits per heavy atom. The zero-order valence-corrected chi connectivity index (χ0v) is 11.3. The lowest BCUT2D eigenvalue weighted by Crippen LogP contribution is -2.21. The van der Waals surface area contributed by atoms with Crippen LogP contribution in [0.3, 0.4) is 0 Å². The zero-order valence-electron chi connectivity index (χ0n) is 11.3. The van der Waals surface area contributed by atoms with E-state index in [1.807, 2.05) is 25.1 Å². The summed E-state index contributed by atoms with van der Waals surface area (Å²) in [5.41, 5.74) is 2.34. The van der Waals surface area contributed by atoms with Crippen molar-refractivity contribution in [1.29, 1.82) is 0 Å². The first kappa shape index (κ1) is 13.5. The molecule has 0 spiro atoms. The van der Waals surface area contributed by atoms with Crippen molar-refractivity contribution in [3.63, 3.8) is 0 Å². The number of ether oxygens (including phenoxy) is 1. The molecule has 0 radical (unpaired) electrons. The Labute approximate surface area is 112 Å². The van der Waals surface area contributed by atoms with Crippen LogP contribution in [-0.4, -0.2) is 19.1 Å². The van der Waals surface area contributed by atoms with Crippen LogP contribution in [0.1, 0.15) is 22.9 Å². The number of hydrogen-bond donors (Lipinski definition) is 1. The monoisotopic (exact) mass is 260 g/mol. The van der Waals surface area contributed by atoms with E-state index in [0.29, 0.717) is 5.69 Å². The Balaban J connectivity index is 2.54. The Hall–Kier alpha value is -1.94. The van der Waals surface area contributed by atoms with Crippen molar-refractivity contribution in [2.45, 2.75) is 13.0 Å². The van der Waals surface area contributed by atoms with Crippen molar-refractivity contribution >= 4 is 0 Å². The lowest BCUT2D eigenvalue weighted by Gasteiger charge is -2.20. The lowest BCUT2D eigenvalue weighted by molar-refractivity contribution is 0.403. The van der Waals surface area contributed by atoms with Crippen LogP contribution < -0.4 is 10.1 Å². The van der Waals surface area contributed by atoms with E-state index in [1.54, 1.807) is 26.4 Å². The molecule has 100 valence electrons. The molecule has 2 rings (SSSR count). The highest BCUT2D eigenvalue weighted by Crippen LogP contribution is 2.30. The molecule has 0 fully saturated rings. The summed E-state index contributed by atoms with van der Waals surface area (Å²) < 4.78 is 19.3. The Bertz CT molecular complexity index is 572. The zero-order chi connectivity index (χ0) is 13.8. The second-order valence-electron chi connectivity index (χ2n) is 4.34. The van der Waals surface area contributed by atoms with Gasteiger partial charge in [0.25, 0.3) is 0 Å². The number of aromatic nitrogens is 1. The molecule has 0 bridgehead atoms. The molecule has 0 aliphatic carbocycles. The van der Waals surface area contributed by atoms with Crippen molar-refractivity contribution < 1.29 is 9.13 Å². The topological polar surface area (TPSA) is 34.1 Å². The van der Waals surface area contributed by atoms with E-state index in [9.17, 15) is 4.39 Å². The maximum absolute atomic E-state index is 13.9. The molecule has 0 saturated carbocycles. The summed E-state index contributed by atoms with van der Waals surface area (Å²) in [6, 6.07) is 8.48. The second-order valence-corrected chi connectivity index (χ2v) is 4.34. The van der Waals surface area contributed by atoms with E-state index < -0.39 is 0 Å². The molecule has 1 aromatic carbocycles. The predicted molar refractivity (Wildman–Crippen MR) is 72.8 cm³/mol. The van der Waals surface area contributed by atoms with E-state index in [-0.39, 0.29) is 11.9 Å². The van der Waals surface area contributed by atoms with Gasteiger partial charge < -0.3 is 10.1 Å². The van der Waals surface area contributed by atoms with Crippen molar-refractivity contribution in [2.75, 3.05) is 14.2 Å². The van der Waals surface area contributed by atoms with E-state index in [2.05, 4.69) is 10.3 Å². The Morgan fingerprint density at radius 1 is 1.32 bits per heavy atom. The summed E-state index contributed by atoms with van der Waals surface area (Å²) in [5, 5.41) is 3.09. The number of halogens is 1. The Kier molecular flexibility index (Phi) is 4.12. The number of pyridine rings is 1. The maximum atomic E-state index is 13.9. The van der Waals surface area contributed by atoms with Crippen LogP contribution >= 0.6 is 0 Å². The highest BCUT2D eigenvalue weighted by molar-refractivity contribution is 5.42. The Morgan fingerprint density at radius 2 is 2.11 bits per heavy atom. The highest BCUT2D eigenvalue weighted by Gasteiger charge is 2.21. The van der Waals surface area contributed by atoms with E-state index in [0.717, 1.165) is 16.9 Å². The first-order valence-electron chi connectivity index (χ1n) is 6.09. The molecule has 0 saturated heterocycles. The van der Waals surface area contributed by atoms with Gasteiger partial charge in [0.2, 0.25) is 0 Å². The van der Waals surface area contributed by atoms with Gasteiger partial charge in [-0.05, 0) is 32.2 Å². The highest BCUT2D eigenvalue weighted by atomic mass is 19.1. The first-order chi connectivity index (χ1) is 9.17. The van der Waals surface area contributed by atoms with Crippen LogP contribution in [0, 0.1) is 12.7 Å². The van der Waals surface area contributed by atoms with Gasteiger partial charge in [0, 0.05) is 11.8 Å². The van der Waals surface area contributed by atoms with Gasteiger partial charge in [-0.2, -0.15) is 0 Å². The van der Waals surface area contributed by atoms with E-state index in [1.165, 1.54) is 6.07 Å². The van der Waals surface area contributed by atoms with Crippen molar-refractivity contribution in [2.24, 2.45) is 0 Å². The summed E-state index contributed by atoms with van der Waals surface area (Å²) in [6.07, 6.45) is 1.59. The minimum absolute atomic E-state index is 0.328. The number of aryl methyl sites for hydroxylation is 1. The fraction of sp³-hybridized carbons (Fsp3) is 0.267. The molecule has 0 aliphatic rings. The van der Waals surface area contributed by atoms with Crippen LogP contribution in [0.5, 0.6) is 5.75 Å². The SMILES string of the molecule is CNC(c1cc(C)ccc1OC)c1ncccc1F. The fourth-order valence-electron chi connectivity index (χ4n) is 2.13. The average Bonchev–Trinajstić information content (AvgIpc) is 2.42. The fourth-order valence-corrected chi connectivity index (χ4v) is 2.13. The normalized spacial score (nSPS) is 12.2. The molecular formula is C15H17FN2O. The molecule has 0 aliphatic heterocycles. The van der Waals surface area contributed by atoms with Gasteiger partial charge in [-0.25, -0.2) is 4.39 Å². The summed E-state index contributed by atoms with van der Waals surface area (Å²) in [6.45, 7) is 1.99. The summed E-state index contributed by atoms with van der Waals surface area (Å²) in [7, 11) is 3.39. The second kappa shape index (κ2) is 5.80. The van der Waals surface area contributed by atoms with Crippen LogP contribution in [0.15, 0.2) is 36.5 Å². The minimum atomic E-state index is -0.337. The molecule has 19 heavy (non-hydrogen) atoms. The largest absolute Gasteiger partial charge is 0.496 e. The lowest BCUT2D eigenvalue weighted by atomic mass is 9.99. The van der Waals surface area contributed by atoms with Crippen LogP contribution in [0.2, 0.25) is 0 Å². The summed E-state index contributed by atoms with van der Waals surface area (Å²) >= 11 is 0. The van der Waals surface area contributed by atoms with Crippen molar-refractivity contribution in [3.05, 3.63) is 59.2 Å². The third-order valence-corrected chi connectivity index (χ3v) is 3.05. The maximum Gasteiger partial charge on any atom is 0.146 e. The van der Waals surface area contributed by atoms with Gasteiger partial charge in [0.1, 0.15) is 11.6 Å². The molecule has 4 heteroatoms. The van der Waals surface area contributed by atoms with Crippen molar-refractivity contribution in [1.82, 2.24) is 10.3 Å². The van der Waals surface area contributed by atoms with Gasteiger partial charge in [-0.1, -0.05) is 17.7 Å². The van der Waals surface area contributed by atoms with Crippen LogP contribution in [0.25, 0.3) is 0 Å². The van der Waals surface area contributed by atoms with Gasteiger partial charge in [-0.3, -0.25) is 4.98 Å². The molecular weight excluding hydrogens is 243 g/mol. The average molecular weight is 260 g/mol. The van der Waals surface area contributed by atoms with Crippen LogP contribution in [-0.2, 0) is 0 Å². The molecule has 1 heterocycles. The summed E-state index contributed by atoms with van der Waals surface area (Å²) in [4.78, 5) is 4.14. The number of hydrogen-bond acceptors (Lipinski definition) is 3. The molecule has 2 aromatic rings. The van der Waals surface area contributed by atoms with Crippen LogP contribution in [0.4, 0.5) is 4.39 Å². The van der Waals surface area contributed by atoms with Gasteiger partial charge in [-0.15, -0.1) is 0 Å². The number of rotatable bonds is 4. The molecule has 1 atom stereocenters. The van der Waals surface area contributed by atoms with Crippen molar-refractivity contribution in [3.8, 4) is 5.75 Å². The molecule has 1 aromatic heterocycles. The van der Waals surface area contributed by atoms with Gasteiger partial charge >= 0.3 is 0 Å². The number of methoxy groups -OCH3 is 1. The number of benzene rings is 1. The molecule has 0 amide bonds. The number of nitrogens with one attached hydrogen (secondary N) is 1. The van der Waals surface area contributed by atoms with Gasteiger partial charge in [0.15, 0.2) is 0 Å². The standard InChI is InChI=1S/C15H17FN2O/c1-10-6-7-13(19-3)11(9-10)14(17-2)15-12(16)5-4-8-18-15/h4-9,14,17H,1-3H3. The van der Waals surface area contributed by atoms with Gasteiger partial charge in [0.05, 0.1) is 18.8 Å². The first-order valence-corrected chi connectivity index (χ1v) is 6.09. The smallest absolute Gasteiger partial charge is 0.146 e. The molecule has 1 N–H and O–H groups in total. The third-order valence-electron chi connectivity index (χ3n) is 3.05.